The van der Waals surface area contributed by atoms with Crippen LogP contribution in [-0.2, 0) is 10.3 Å². The fourth-order valence-corrected chi connectivity index (χ4v) is 6.12. The van der Waals surface area contributed by atoms with Crippen LogP contribution in [0.2, 0.25) is 5.02 Å². The zero-order valence-electron chi connectivity index (χ0n) is 21.3. The van der Waals surface area contributed by atoms with Crippen molar-refractivity contribution in [2.75, 3.05) is 40.4 Å². The Labute approximate surface area is 214 Å². The van der Waals surface area contributed by atoms with Crippen LogP contribution in [0.25, 0.3) is 0 Å². The summed E-state index contributed by atoms with van der Waals surface area (Å²) in [6.45, 7) is 2.34. The Kier molecular flexibility index (Phi) is 11.1. The van der Waals surface area contributed by atoms with Crippen molar-refractivity contribution in [1.82, 2.24) is 15.5 Å². The highest BCUT2D eigenvalue weighted by Gasteiger charge is 2.43. The lowest BCUT2D eigenvalue weighted by molar-refractivity contribution is -0.0587. The molecule has 0 radical (unpaired) electrons. The fourth-order valence-electron chi connectivity index (χ4n) is 5.94. The molecule has 6 nitrogen and oxygen atoms in total. The molecule has 35 heavy (non-hydrogen) atoms. The van der Waals surface area contributed by atoms with Crippen LogP contribution in [0.1, 0.15) is 69.8 Å². The number of piperidine rings is 1. The molecule has 0 unspecified atom stereocenters. The van der Waals surface area contributed by atoms with E-state index in [4.69, 9.17) is 16.3 Å². The Hall–Kier alpha value is -1.41. The third-order valence-electron chi connectivity index (χ3n) is 7.83. The number of rotatable bonds is 12. The zero-order valence-corrected chi connectivity index (χ0v) is 22.1. The summed E-state index contributed by atoms with van der Waals surface area (Å²) in [6.07, 6.45) is 9.35. The van der Waals surface area contributed by atoms with Crippen LogP contribution in [-0.4, -0.2) is 62.5 Å². The molecule has 1 saturated heterocycles. The predicted molar refractivity (Wildman–Crippen MR) is 138 cm³/mol. The van der Waals surface area contributed by atoms with Gasteiger partial charge in [0.05, 0.1) is 10.6 Å². The molecule has 2 amide bonds. The molecule has 2 aliphatic rings. The Morgan fingerprint density at radius 3 is 2.77 bits per heavy atom. The predicted octanol–water partition coefficient (Wildman–Crippen LogP) is 5.07. The van der Waals surface area contributed by atoms with E-state index in [0.717, 1.165) is 32.2 Å². The first-order valence-corrected chi connectivity index (χ1v) is 13.6. The number of nitrogens with zero attached hydrogens (tertiary/aromatic N) is 1. The molecule has 0 bridgehead atoms. The van der Waals surface area contributed by atoms with Gasteiger partial charge < -0.3 is 25.4 Å². The smallest absolute Gasteiger partial charge is 0.317 e. The molecule has 1 aliphatic heterocycles. The third-order valence-corrected chi connectivity index (χ3v) is 8.12. The van der Waals surface area contributed by atoms with Crippen molar-refractivity contribution < 1.29 is 19.0 Å². The van der Waals surface area contributed by atoms with E-state index < -0.39 is 11.4 Å². The van der Waals surface area contributed by atoms with Gasteiger partial charge in [-0.05, 0) is 57.6 Å². The number of halogens is 2. The molecule has 0 spiro atoms. The molecule has 1 aromatic carbocycles. The first-order chi connectivity index (χ1) is 16.9. The Balaban J connectivity index is 1.73. The molecule has 1 aliphatic carbocycles. The lowest BCUT2D eigenvalue weighted by Gasteiger charge is -2.43. The second-order valence-electron chi connectivity index (χ2n) is 10.4. The minimum atomic E-state index is -1.41. The van der Waals surface area contributed by atoms with Crippen LogP contribution >= 0.6 is 11.6 Å². The lowest BCUT2D eigenvalue weighted by Crippen LogP contribution is -2.54. The van der Waals surface area contributed by atoms with E-state index in [1.807, 2.05) is 7.05 Å². The topological polar surface area (TPSA) is 73.8 Å². The van der Waals surface area contributed by atoms with Gasteiger partial charge in [-0.25, -0.2) is 9.18 Å². The second-order valence-corrected chi connectivity index (χ2v) is 10.8. The number of urea groups is 1. The van der Waals surface area contributed by atoms with Crippen LogP contribution in [0.15, 0.2) is 18.2 Å². The van der Waals surface area contributed by atoms with E-state index in [-0.39, 0.29) is 28.6 Å². The van der Waals surface area contributed by atoms with Crippen molar-refractivity contribution in [3.63, 3.8) is 0 Å². The maximum Gasteiger partial charge on any atom is 0.317 e. The van der Waals surface area contributed by atoms with Gasteiger partial charge in [-0.2, -0.15) is 0 Å². The molecule has 8 heteroatoms. The first-order valence-electron chi connectivity index (χ1n) is 13.2. The van der Waals surface area contributed by atoms with Gasteiger partial charge in [0.2, 0.25) is 0 Å². The number of hydrogen-bond donors (Lipinski definition) is 3. The SMILES string of the molecule is CNC[C@@H](CC1CCCC1)NC(=O)N1CCC[C@@H]([C@@](O)(CCCCOC)c2cccc(Cl)c2F)C1. The van der Waals surface area contributed by atoms with Gasteiger partial charge in [-0.1, -0.05) is 49.4 Å². The third kappa shape index (κ3) is 7.54. The van der Waals surface area contributed by atoms with Gasteiger partial charge in [0, 0.05) is 50.9 Å². The summed E-state index contributed by atoms with van der Waals surface area (Å²) in [5.74, 6) is -0.184. The molecule has 1 heterocycles. The average molecular weight is 512 g/mol. The number of ether oxygens (including phenoxy) is 1. The number of amides is 2. The molecular formula is C27H43ClFN3O3. The van der Waals surface area contributed by atoms with Gasteiger partial charge in [-0.15, -0.1) is 0 Å². The van der Waals surface area contributed by atoms with E-state index in [9.17, 15) is 9.90 Å². The summed E-state index contributed by atoms with van der Waals surface area (Å²) >= 11 is 6.09. The van der Waals surface area contributed by atoms with Crippen molar-refractivity contribution in [1.29, 1.82) is 0 Å². The fraction of sp³-hybridized carbons (Fsp3) is 0.741. The molecule has 3 atom stereocenters. The molecule has 198 valence electrons. The van der Waals surface area contributed by atoms with Crippen molar-refractivity contribution in [2.45, 2.75) is 75.9 Å². The standard InChI is InChI=1S/C27H43ClFN3O3/c1-30-18-22(17-20-9-3-4-10-20)31-26(33)32-15-8-11-21(19-32)27(34,14-5-6-16-35-2)23-12-7-13-24(28)25(23)29/h7,12-13,20-22,30,34H,3-6,8-11,14-19H2,1-2H3,(H,31,33)/t21-,22-,27+/m1/s1. The number of carbonyl (C=O) groups is 1. The van der Waals surface area contributed by atoms with Gasteiger partial charge in [-0.3, -0.25) is 0 Å². The van der Waals surface area contributed by atoms with Crippen LogP contribution in [0, 0.1) is 17.7 Å². The highest BCUT2D eigenvalue weighted by Crippen LogP contribution is 2.42. The Bertz CT molecular complexity index is 808. The Morgan fingerprint density at radius 2 is 2.06 bits per heavy atom. The van der Waals surface area contributed by atoms with Gasteiger partial charge in [0.15, 0.2) is 0 Å². The molecular weight excluding hydrogens is 469 g/mol. The minimum Gasteiger partial charge on any atom is -0.385 e. The summed E-state index contributed by atoms with van der Waals surface area (Å²) in [7, 11) is 3.56. The van der Waals surface area contributed by atoms with E-state index >= 15 is 4.39 Å². The number of unbranched alkanes of at least 4 members (excludes halogenated alkanes) is 1. The second kappa shape index (κ2) is 13.8. The van der Waals surface area contributed by atoms with Crippen molar-refractivity contribution in [2.24, 2.45) is 11.8 Å². The molecule has 3 N–H and O–H groups in total. The maximum absolute atomic E-state index is 15.1. The maximum atomic E-state index is 15.1. The van der Waals surface area contributed by atoms with E-state index in [1.165, 1.54) is 31.7 Å². The van der Waals surface area contributed by atoms with Crippen molar-refractivity contribution in [3.05, 3.63) is 34.6 Å². The molecule has 0 aromatic heterocycles. The first kappa shape index (κ1) is 28.2. The summed E-state index contributed by atoms with van der Waals surface area (Å²) in [5.41, 5.74) is -1.18. The number of methoxy groups -OCH3 is 1. The number of carbonyl (C=O) groups excluding carboxylic acids is 1. The number of likely N-dealkylation sites (tertiary alicyclic amines) is 1. The monoisotopic (exact) mass is 511 g/mol. The number of aliphatic hydroxyl groups is 1. The zero-order chi connectivity index (χ0) is 25.3. The highest BCUT2D eigenvalue weighted by atomic mass is 35.5. The molecule has 1 saturated carbocycles. The summed E-state index contributed by atoms with van der Waals surface area (Å²) in [6, 6.07) is 4.79. The largest absolute Gasteiger partial charge is 0.385 e. The van der Waals surface area contributed by atoms with E-state index in [2.05, 4.69) is 10.6 Å². The Morgan fingerprint density at radius 1 is 1.29 bits per heavy atom. The summed E-state index contributed by atoms with van der Waals surface area (Å²) in [5, 5.41) is 18.4. The van der Waals surface area contributed by atoms with Crippen LogP contribution in [0.4, 0.5) is 9.18 Å². The van der Waals surface area contributed by atoms with Gasteiger partial charge >= 0.3 is 6.03 Å². The molecule has 3 rings (SSSR count). The number of nitrogens with one attached hydrogen (secondary N) is 2. The van der Waals surface area contributed by atoms with Crippen molar-refractivity contribution >= 4 is 17.6 Å². The quantitative estimate of drug-likeness (QED) is 0.342. The van der Waals surface area contributed by atoms with Crippen LogP contribution in [0.5, 0.6) is 0 Å². The van der Waals surface area contributed by atoms with Crippen LogP contribution < -0.4 is 10.6 Å². The summed E-state index contributed by atoms with van der Waals surface area (Å²) < 4.78 is 20.3. The normalized spacial score (nSPS) is 21.6. The average Bonchev–Trinajstić information content (AvgIpc) is 3.36. The number of likely N-dealkylation sites (N-methyl/N-ethyl adjacent to an activating group) is 1. The highest BCUT2D eigenvalue weighted by molar-refractivity contribution is 6.30. The van der Waals surface area contributed by atoms with Crippen molar-refractivity contribution in [3.8, 4) is 0 Å². The van der Waals surface area contributed by atoms with E-state index in [0.29, 0.717) is 38.5 Å². The minimum absolute atomic E-state index is 0.00467. The van der Waals surface area contributed by atoms with Gasteiger partial charge in [0.1, 0.15) is 5.82 Å². The van der Waals surface area contributed by atoms with Gasteiger partial charge in [0.25, 0.3) is 0 Å². The number of benzene rings is 1. The van der Waals surface area contributed by atoms with E-state index in [1.54, 1.807) is 24.1 Å². The van der Waals surface area contributed by atoms with Crippen LogP contribution in [0.3, 0.4) is 0 Å². The molecule has 2 fully saturated rings. The lowest BCUT2D eigenvalue weighted by atomic mass is 9.74. The summed E-state index contributed by atoms with van der Waals surface area (Å²) in [4.78, 5) is 15.1. The molecule has 1 aromatic rings. The number of hydrogen-bond acceptors (Lipinski definition) is 4.